The molecule has 0 saturated carbocycles. The molecular formula is C40H39ClN7O6+. The van der Waals surface area contributed by atoms with E-state index in [1.54, 1.807) is 47.3 Å². The smallest absolute Gasteiger partial charge is 0.368 e. The fraction of sp³-hybridized carbons (Fsp3) is 0.225. The summed E-state index contributed by atoms with van der Waals surface area (Å²) in [5.41, 5.74) is 3.80. The summed E-state index contributed by atoms with van der Waals surface area (Å²) in [6, 6.07) is 22.0. The molecule has 0 fully saturated rings. The van der Waals surface area contributed by atoms with E-state index in [1.165, 1.54) is 14.2 Å². The number of fused-ring (bicyclic) bond motifs is 1. The number of ketones is 1. The van der Waals surface area contributed by atoms with E-state index >= 15 is 0 Å². The Kier molecular flexibility index (Phi) is 11.3. The third-order valence-corrected chi connectivity index (χ3v) is 9.28. The van der Waals surface area contributed by atoms with Crippen molar-refractivity contribution < 1.29 is 23.7 Å². The van der Waals surface area contributed by atoms with Crippen LogP contribution in [0.1, 0.15) is 17.5 Å². The molecule has 276 valence electrons. The van der Waals surface area contributed by atoms with Crippen LogP contribution in [-0.2, 0) is 17.8 Å². The van der Waals surface area contributed by atoms with Crippen LogP contribution in [0, 0.1) is 10.1 Å². The van der Waals surface area contributed by atoms with Crippen molar-refractivity contribution in [3.63, 3.8) is 0 Å². The predicted octanol–water partition coefficient (Wildman–Crippen LogP) is 6.63. The van der Waals surface area contributed by atoms with Crippen molar-refractivity contribution in [2.45, 2.75) is 19.4 Å². The lowest BCUT2D eigenvalue weighted by Crippen LogP contribution is -2.41. The zero-order valence-corrected chi connectivity index (χ0v) is 31.0. The monoisotopic (exact) mass is 748 g/mol. The largest absolute Gasteiger partial charge is 0.497 e. The first-order chi connectivity index (χ1) is 25.9. The van der Waals surface area contributed by atoms with Crippen LogP contribution in [0.2, 0.25) is 5.02 Å². The van der Waals surface area contributed by atoms with Crippen LogP contribution < -0.4 is 20.3 Å². The standard InChI is InChI=1S/C40H38ClN7O6/c1-48(2,25-28-15-16-42-37(28)47(51)52)17-9-14-31(49)19-26-10-8-11-27(18-26)24-46-38-29(23-43-40(45-38)44-30-12-6-5-7-13-30)20-34(39(46)50)33-21-32(53-3)22-35(54-4)36(33)41/h5-14,16,18,20-23H,15,17,19,24-25H2,1-4H3/p+1/b14-9+. The number of allylic oxidation sites excluding steroid dienone is 1. The molecule has 0 atom stereocenters. The number of ether oxygens (including phenoxy) is 2. The Bertz CT molecular complexity index is 2390. The highest BCUT2D eigenvalue weighted by Crippen LogP contribution is 2.38. The number of pyridine rings is 1. The van der Waals surface area contributed by atoms with Crippen molar-refractivity contribution in [2.75, 3.05) is 46.7 Å². The summed E-state index contributed by atoms with van der Waals surface area (Å²) in [5, 5.41) is 15.4. The summed E-state index contributed by atoms with van der Waals surface area (Å²) in [5.74, 6) is 0.945. The van der Waals surface area contributed by atoms with Crippen LogP contribution in [0.5, 0.6) is 11.5 Å². The number of nitrogens with one attached hydrogen (secondary N) is 1. The SMILES string of the molecule is COc1cc(OC)c(Cl)c(-c2cc3cnc(Nc4ccccc4)nc3n(Cc3cccc(CC(=O)/C=C/C[N+](C)(C)CC4=C([N+](=O)[O-])N=CC4)c3)c2=O)c1. The van der Waals surface area contributed by atoms with Gasteiger partial charge in [-0.25, -0.2) is 4.98 Å². The van der Waals surface area contributed by atoms with E-state index in [4.69, 9.17) is 26.1 Å². The first kappa shape index (κ1) is 37.6. The van der Waals surface area contributed by atoms with Gasteiger partial charge in [0.15, 0.2) is 5.78 Å². The molecule has 13 nitrogen and oxygen atoms in total. The van der Waals surface area contributed by atoms with Crippen molar-refractivity contribution in [1.29, 1.82) is 0 Å². The molecule has 14 heteroatoms. The Hall–Kier alpha value is -6.18. The maximum atomic E-state index is 14.5. The number of likely N-dealkylation sites (N-methyl/N-ethyl adjacent to an activating group) is 1. The van der Waals surface area contributed by atoms with Crippen molar-refractivity contribution >= 4 is 46.3 Å². The van der Waals surface area contributed by atoms with Crippen LogP contribution in [-0.4, -0.2) is 77.3 Å². The second-order valence-corrected chi connectivity index (χ2v) is 13.8. The second kappa shape index (κ2) is 16.2. The molecule has 6 rings (SSSR count). The average molecular weight is 749 g/mol. The highest BCUT2D eigenvalue weighted by atomic mass is 35.5. The third-order valence-electron chi connectivity index (χ3n) is 8.89. The zero-order chi connectivity index (χ0) is 38.4. The Labute approximate surface area is 316 Å². The summed E-state index contributed by atoms with van der Waals surface area (Å²) >= 11 is 6.77. The Morgan fingerprint density at radius 2 is 1.81 bits per heavy atom. The molecule has 0 bridgehead atoms. The number of benzene rings is 3. The van der Waals surface area contributed by atoms with E-state index in [0.717, 1.165) is 16.8 Å². The van der Waals surface area contributed by atoms with Crippen LogP contribution in [0.15, 0.2) is 112 Å². The lowest BCUT2D eigenvalue weighted by Gasteiger charge is -2.28. The molecule has 3 heterocycles. The molecule has 0 radical (unpaired) electrons. The molecular weight excluding hydrogens is 710 g/mol. The van der Waals surface area contributed by atoms with E-state index in [9.17, 15) is 19.7 Å². The summed E-state index contributed by atoms with van der Waals surface area (Å²) < 4.78 is 13.0. The van der Waals surface area contributed by atoms with Gasteiger partial charge in [0, 0.05) is 47.3 Å². The van der Waals surface area contributed by atoms with Crippen molar-refractivity contribution in [3.05, 3.63) is 139 Å². The minimum absolute atomic E-state index is 0.0933. The first-order valence-corrected chi connectivity index (χ1v) is 17.4. The Morgan fingerprint density at radius 1 is 1.04 bits per heavy atom. The fourth-order valence-electron chi connectivity index (χ4n) is 6.31. The van der Waals surface area contributed by atoms with Gasteiger partial charge in [-0.3, -0.25) is 14.2 Å². The van der Waals surface area contributed by atoms with E-state index in [-0.39, 0.29) is 35.2 Å². The van der Waals surface area contributed by atoms with Gasteiger partial charge in [-0.15, -0.1) is 0 Å². The highest BCUT2D eigenvalue weighted by Gasteiger charge is 2.28. The molecule has 0 aliphatic carbocycles. The number of carbonyl (C=O) groups is 1. The number of para-hydroxylation sites is 1. The molecule has 0 spiro atoms. The highest BCUT2D eigenvalue weighted by molar-refractivity contribution is 6.35. The number of carbonyl (C=O) groups excluding carboxylic acids is 1. The number of anilines is 2. The van der Waals surface area contributed by atoms with Gasteiger partial charge in [-0.2, -0.15) is 4.98 Å². The normalized spacial score (nSPS) is 12.8. The minimum Gasteiger partial charge on any atom is -0.497 e. The fourth-order valence-corrected chi connectivity index (χ4v) is 6.60. The van der Waals surface area contributed by atoms with Gasteiger partial charge >= 0.3 is 5.82 Å². The molecule has 1 aliphatic heterocycles. The number of nitrogens with zero attached hydrogens (tertiary/aromatic N) is 6. The van der Waals surface area contributed by atoms with Gasteiger partial charge in [0.05, 0.1) is 52.0 Å². The van der Waals surface area contributed by atoms with E-state index < -0.39 is 4.92 Å². The number of halogens is 1. The first-order valence-electron chi connectivity index (χ1n) is 17.1. The summed E-state index contributed by atoms with van der Waals surface area (Å²) in [6.45, 7) is 1.08. The van der Waals surface area contributed by atoms with Gasteiger partial charge < -0.3 is 29.4 Å². The number of aliphatic imine (C=N–C) groups is 1. The van der Waals surface area contributed by atoms with Crippen LogP contribution in [0.4, 0.5) is 11.6 Å². The molecule has 0 unspecified atom stereocenters. The van der Waals surface area contributed by atoms with E-state index in [1.807, 2.05) is 68.7 Å². The topological polar surface area (TPSA) is 151 Å². The van der Waals surface area contributed by atoms with Gasteiger partial charge in [-0.05, 0) is 52.5 Å². The minimum atomic E-state index is -0.455. The van der Waals surface area contributed by atoms with Gasteiger partial charge in [0.1, 0.15) is 29.9 Å². The molecule has 54 heavy (non-hydrogen) atoms. The van der Waals surface area contributed by atoms with Gasteiger partial charge in [0.2, 0.25) is 5.95 Å². The predicted molar refractivity (Wildman–Crippen MR) is 209 cm³/mol. The van der Waals surface area contributed by atoms with Crippen molar-refractivity contribution in [1.82, 2.24) is 14.5 Å². The average Bonchev–Trinajstić information content (AvgIpc) is 3.61. The third kappa shape index (κ3) is 8.71. The molecule has 2 aromatic heterocycles. The quantitative estimate of drug-likeness (QED) is 0.0539. The number of aromatic nitrogens is 3. The second-order valence-electron chi connectivity index (χ2n) is 13.4. The van der Waals surface area contributed by atoms with Crippen LogP contribution in [0.25, 0.3) is 22.2 Å². The van der Waals surface area contributed by atoms with Crippen LogP contribution >= 0.6 is 11.6 Å². The molecule has 1 aliphatic rings. The number of rotatable bonds is 15. The lowest BCUT2D eigenvalue weighted by molar-refractivity contribution is -0.880. The van der Waals surface area contributed by atoms with Crippen molar-refractivity contribution in [3.8, 4) is 22.6 Å². The zero-order valence-electron chi connectivity index (χ0n) is 30.3. The molecule has 0 amide bonds. The van der Waals surface area contributed by atoms with E-state index in [0.29, 0.717) is 69.2 Å². The summed E-state index contributed by atoms with van der Waals surface area (Å²) in [4.78, 5) is 51.6. The summed E-state index contributed by atoms with van der Waals surface area (Å²) in [6.07, 6.45) is 7.14. The van der Waals surface area contributed by atoms with E-state index in [2.05, 4.69) is 15.3 Å². The molecule has 0 saturated heterocycles. The maximum absolute atomic E-state index is 14.5. The maximum Gasteiger partial charge on any atom is 0.368 e. The Morgan fingerprint density at radius 3 is 2.56 bits per heavy atom. The number of methoxy groups -OCH3 is 2. The Balaban J connectivity index is 1.29. The van der Waals surface area contributed by atoms with Crippen LogP contribution in [0.3, 0.4) is 0 Å². The molecule has 1 N–H and O–H groups in total. The number of quaternary nitrogens is 1. The molecule has 5 aromatic rings. The number of hydrogen-bond donors (Lipinski definition) is 1. The molecule has 3 aromatic carbocycles. The summed E-state index contributed by atoms with van der Waals surface area (Å²) in [7, 11) is 6.92. The van der Waals surface area contributed by atoms with Gasteiger partial charge in [0.25, 0.3) is 5.56 Å². The van der Waals surface area contributed by atoms with Gasteiger partial charge in [-0.1, -0.05) is 59.1 Å². The number of hydrogen-bond acceptors (Lipinski definition) is 10. The lowest BCUT2D eigenvalue weighted by atomic mass is 10.0. The number of nitro groups is 1. The van der Waals surface area contributed by atoms with Crippen molar-refractivity contribution in [2.24, 2.45) is 4.99 Å².